The van der Waals surface area contributed by atoms with Gasteiger partial charge in [-0.3, -0.25) is 4.79 Å². The van der Waals surface area contributed by atoms with Crippen LogP contribution >= 0.6 is 0 Å². The summed E-state index contributed by atoms with van der Waals surface area (Å²) in [6, 6.07) is 0. The average molecular weight is 201 g/mol. The van der Waals surface area contributed by atoms with Crippen molar-refractivity contribution in [3.63, 3.8) is 0 Å². The summed E-state index contributed by atoms with van der Waals surface area (Å²) in [6.07, 6.45) is 1.94. The molecular formula is C10H19NO3. The fourth-order valence-corrected chi connectivity index (χ4v) is 1.96. The zero-order valence-corrected chi connectivity index (χ0v) is 8.65. The first-order chi connectivity index (χ1) is 6.63. The van der Waals surface area contributed by atoms with Crippen molar-refractivity contribution in [1.82, 2.24) is 4.90 Å². The highest BCUT2D eigenvalue weighted by atomic mass is 16.4. The lowest BCUT2D eigenvalue weighted by Gasteiger charge is -2.18. The Morgan fingerprint density at radius 3 is 2.93 bits per heavy atom. The van der Waals surface area contributed by atoms with E-state index in [1.165, 1.54) is 0 Å². The van der Waals surface area contributed by atoms with E-state index in [4.69, 9.17) is 10.2 Å². The SMILES string of the molecule is CC(CN1CCC(CCO)C1)C(=O)O. The molecule has 0 radical (unpaired) electrons. The number of likely N-dealkylation sites (tertiary alicyclic amines) is 1. The number of hydrogen-bond acceptors (Lipinski definition) is 3. The molecule has 0 aromatic heterocycles. The van der Waals surface area contributed by atoms with E-state index in [2.05, 4.69) is 4.90 Å². The minimum Gasteiger partial charge on any atom is -0.481 e. The molecule has 1 aliphatic heterocycles. The van der Waals surface area contributed by atoms with Crippen molar-refractivity contribution in [2.75, 3.05) is 26.2 Å². The number of aliphatic hydroxyl groups excluding tert-OH is 1. The summed E-state index contributed by atoms with van der Waals surface area (Å²) in [4.78, 5) is 12.8. The summed E-state index contributed by atoms with van der Waals surface area (Å²) in [7, 11) is 0. The van der Waals surface area contributed by atoms with Gasteiger partial charge in [0.05, 0.1) is 5.92 Å². The lowest BCUT2D eigenvalue weighted by Crippen LogP contribution is -2.30. The lowest BCUT2D eigenvalue weighted by molar-refractivity contribution is -0.141. The van der Waals surface area contributed by atoms with E-state index in [1.54, 1.807) is 6.92 Å². The normalized spacial score (nSPS) is 25.1. The van der Waals surface area contributed by atoms with E-state index in [1.807, 2.05) is 0 Å². The van der Waals surface area contributed by atoms with Crippen LogP contribution in [0.3, 0.4) is 0 Å². The third-order valence-corrected chi connectivity index (χ3v) is 2.86. The number of carbonyl (C=O) groups is 1. The number of aliphatic hydroxyl groups is 1. The van der Waals surface area contributed by atoms with Crippen LogP contribution in [-0.4, -0.2) is 47.3 Å². The summed E-state index contributed by atoms with van der Waals surface area (Å²) < 4.78 is 0. The van der Waals surface area contributed by atoms with Crippen molar-refractivity contribution in [2.24, 2.45) is 11.8 Å². The summed E-state index contributed by atoms with van der Waals surface area (Å²) in [5, 5.41) is 17.5. The largest absolute Gasteiger partial charge is 0.481 e. The quantitative estimate of drug-likeness (QED) is 0.676. The summed E-state index contributed by atoms with van der Waals surface area (Å²) >= 11 is 0. The molecule has 1 saturated heterocycles. The van der Waals surface area contributed by atoms with Crippen molar-refractivity contribution in [3.8, 4) is 0 Å². The molecule has 0 aliphatic carbocycles. The molecule has 2 atom stereocenters. The fourth-order valence-electron chi connectivity index (χ4n) is 1.96. The Morgan fingerprint density at radius 1 is 1.64 bits per heavy atom. The van der Waals surface area contributed by atoms with Crippen LogP contribution in [0, 0.1) is 11.8 Å². The molecule has 2 N–H and O–H groups in total. The summed E-state index contributed by atoms with van der Waals surface area (Å²) in [6.45, 7) is 4.53. The lowest BCUT2D eigenvalue weighted by atomic mass is 10.1. The molecule has 0 amide bonds. The molecule has 1 fully saturated rings. The highest BCUT2D eigenvalue weighted by Crippen LogP contribution is 2.19. The highest BCUT2D eigenvalue weighted by molar-refractivity contribution is 5.69. The van der Waals surface area contributed by atoms with Gasteiger partial charge in [-0.25, -0.2) is 0 Å². The third-order valence-electron chi connectivity index (χ3n) is 2.86. The molecular weight excluding hydrogens is 182 g/mol. The zero-order chi connectivity index (χ0) is 10.6. The molecule has 1 rings (SSSR count). The van der Waals surface area contributed by atoms with Crippen molar-refractivity contribution in [3.05, 3.63) is 0 Å². The Bertz CT molecular complexity index is 196. The molecule has 0 aromatic rings. The Kier molecular flexibility index (Phi) is 4.35. The van der Waals surface area contributed by atoms with Crippen LogP contribution in [0.15, 0.2) is 0 Å². The van der Waals surface area contributed by atoms with E-state index in [9.17, 15) is 4.79 Å². The van der Waals surface area contributed by atoms with Gasteiger partial charge in [0.25, 0.3) is 0 Å². The Morgan fingerprint density at radius 2 is 2.36 bits per heavy atom. The van der Waals surface area contributed by atoms with Gasteiger partial charge in [0, 0.05) is 19.7 Å². The summed E-state index contributed by atoms with van der Waals surface area (Å²) in [5.74, 6) is -0.459. The average Bonchev–Trinajstić information content (AvgIpc) is 2.53. The molecule has 0 spiro atoms. The van der Waals surface area contributed by atoms with E-state index < -0.39 is 5.97 Å². The van der Waals surface area contributed by atoms with E-state index in [0.29, 0.717) is 12.5 Å². The van der Waals surface area contributed by atoms with Crippen molar-refractivity contribution < 1.29 is 15.0 Å². The van der Waals surface area contributed by atoms with Crippen molar-refractivity contribution in [2.45, 2.75) is 19.8 Å². The molecule has 4 nitrogen and oxygen atoms in total. The molecule has 14 heavy (non-hydrogen) atoms. The van der Waals surface area contributed by atoms with Crippen molar-refractivity contribution in [1.29, 1.82) is 0 Å². The third kappa shape index (κ3) is 3.27. The minimum atomic E-state index is -0.726. The number of carboxylic acids is 1. The van der Waals surface area contributed by atoms with E-state index in [-0.39, 0.29) is 12.5 Å². The maximum atomic E-state index is 10.6. The molecule has 4 heteroatoms. The first-order valence-corrected chi connectivity index (χ1v) is 5.19. The topological polar surface area (TPSA) is 60.8 Å². The number of carboxylic acid groups (broad SMARTS) is 1. The van der Waals surface area contributed by atoms with E-state index in [0.717, 1.165) is 25.9 Å². The minimum absolute atomic E-state index is 0.243. The number of hydrogen-bond donors (Lipinski definition) is 2. The van der Waals surface area contributed by atoms with Crippen LogP contribution < -0.4 is 0 Å². The van der Waals surface area contributed by atoms with Gasteiger partial charge in [-0.2, -0.15) is 0 Å². The second-order valence-corrected chi connectivity index (χ2v) is 4.17. The maximum absolute atomic E-state index is 10.6. The Balaban J connectivity index is 2.25. The first kappa shape index (κ1) is 11.5. The monoisotopic (exact) mass is 201 g/mol. The molecule has 0 aromatic carbocycles. The summed E-state index contributed by atoms with van der Waals surface area (Å²) in [5.41, 5.74) is 0. The van der Waals surface area contributed by atoms with Crippen LogP contribution in [0.5, 0.6) is 0 Å². The second-order valence-electron chi connectivity index (χ2n) is 4.17. The van der Waals surface area contributed by atoms with Crippen molar-refractivity contribution >= 4 is 5.97 Å². The molecule has 1 aliphatic rings. The number of nitrogens with zero attached hydrogens (tertiary/aromatic N) is 1. The predicted octanol–water partition coefficient (Wildman–Crippen LogP) is 0.411. The number of rotatable bonds is 5. The fraction of sp³-hybridized carbons (Fsp3) is 0.900. The van der Waals surface area contributed by atoms with Gasteiger partial charge in [0.1, 0.15) is 0 Å². The smallest absolute Gasteiger partial charge is 0.307 e. The number of aliphatic carboxylic acids is 1. The highest BCUT2D eigenvalue weighted by Gasteiger charge is 2.24. The van der Waals surface area contributed by atoms with Crippen LogP contribution in [0.4, 0.5) is 0 Å². The van der Waals surface area contributed by atoms with Gasteiger partial charge < -0.3 is 15.1 Å². The Labute approximate surface area is 84.5 Å². The maximum Gasteiger partial charge on any atom is 0.307 e. The van der Waals surface area contributed by atoms with Crippen LogP contribution in [0.25, 0.3) is 0 Å². The van der Waals surface area contributed by atoms with Gasteiger partial charge in [-0.1, -0.05) is 6.92 Å². The predicted molar refractivity (Wildman–Crippen MR) is 53.0 cm³/mol. The van der Waals surface area contributed by atoms with Gasteiger partial charge in [-0.05, 0) is 25.3 Å². The first-order valence-electron chi connectivity index (χ1n) is 5.19. The molecule has 0 bridgehead atoms. The Hall–Kier alpha value is -0.610. The zero-order valence-electron chi connectivity index (χ0n) is 8.65. The van der Waals surface area contributed by atoms with Gasteiger partial charge in [0.15, 0.2) is 0 Å². The standard InChI is InChI=1S/C10H19NO3/c1-8(10(13)14)6-11-4-2-9(7-11)3-5-12/h8-9,12H,2-7H2,1H3,(H,13,14). The van der Waals surface area contributed by atoms with Crippen LogP contribution in [0.1, 0.15) is 19.8 Å². The van der Waals surface area contributed by atoms with Gasteiger partial charge in [-0.15, -0.1) is 0 Å². The molecule has 82 valence electrons. The van der Waals surface area contributed by atoms with Crippen LogP contribution in [-0.2, 0) is 4.79 Å². The molecule has 2 unspecified atom stereocenters. The molecule has 1 heterocycles. The molecule has 0 saturated carbocycles. The van der Waals surface area contributed by atoms with E-state index >= 15 is 0 Å². The van der Waals surface area contributed by atoms with Gasteiger partial charge >= 0.3 is 5.97 Å². The second kappa shape index (κ2) is 5.32. The van der Waals surface area contributed by atoms with Gasteiger partial charge in [0.2, 0.25) is 0 Å². The van der Waals surface area contributed by atoms with Crippen LogP contribution in [0.2, 0.25) is 0 Å².